The first-order valence-electron chi connectivity index (χ1n) is 8.92. The summed E-state index contributed by atoms with van der Waals surface area (Å²) < 4.78 is 53.1. The van der Waals surface area contributed by atoms with E-state index in [1.54, 1.807) is 6.92 Å². The summed E-state index contributed by atoms with van der Waals surface area (Å²) in [6.07, 6.45) is -4.78. The maximum absolute atomic E-state index is 13.4. The highest BCUT2D eigenvalue weighted by Gasteiger charge is 2.34. The number of aryl methyl sites for hydroxylation is 2. The summed E-state index contributed by atoms with van der Waals surface area (Å²) >= 11 is 6.17. The molecule has 0 aliphatic heterocycles. The highest BCUT2D eigenvalue weighted by molar-refractivity contribution is 6.32. The number of benzene rings is 2. The normalized spacial score (nSPS) is 11.5. The maximum Gasteiger partial charge on any atom is 0.433 e. The van der Waals surface area contributed by atoms with Gasteiger partial charge in [0, 0.05) is 24.0 Å². The number of carbonyl (C=O) groups is 1. The predicted octanol–water partition coefficient (Wildman–Crippen LogP) is 4.94. The molecule has 0 aliphatic carbocycles. The van der Waals surface area contributed by atoms with E-state index in [4.69, 9.17) is 11.6 Å². The van der Waals surface area contributed by atoms with Crippen LogP contribution in [0.1, 0.15) is 27.3 Å². The highest BCUT2D eigenvalue weighted by atomic mass is 35.5. The molecule has 0 fully saturated rings. The topological polar surface area (TPSA) is 55.2 Å². The SMILES string of the molecule is Cc1cc(F)ccc1N(C)C(=O)c1ccc(Cl)c(-n2c(C)cc(C(F)(F)F)nc2=O)c1. The van der Waals surface area contributed by atoms with E-state index >= 15 is 0 Å². The number of carbonyl (C=O) groups excluding carboxylic acids is 1. The second kappa shape index (κ2) is 8.14. The molecule has 0 radical (unpaired) electrons. The first-order chi connectivity index (χ1) is 14.4. The van der Waals surface area contributed by atoms with E-state index in [0.717, 1.165) is 10.6 Å². The summed E-state index contributed by atoms with van der Waals surface area (Å²) in [5.41, 5.74) is -1.42. The van der Waals surface area contributed by atoms with Gasteiger partial charge in [0.1, 0.15) is 5.82 Å². The zero-order chi connectivity index (χ0) is 23.1. The quantitative estimate of drug-likeness (QED) is 0.528. The molecule has 5 nitrogen and oxygen atoms in total. The van der Waals surface area contributed by atoms with Crippen LogP contribution < -0.4 is 10.6 Å². The van der Waals surface area contributed by atoms with Gasteiger partial charge in [0.2, 0.25) is 0 Å². The Morgan fingerprint density at radius 3 is 2.35 bits per heavy atom. The van der Waals surface area contributed by atoms with Gasteiger partial charge in [-0.15, -0.1) is 0 Å². The van der Waals surface area contributed by atoms with E-state index in [-0.39, 0.29) is 22.0 Å². The number of anilines is 1. The number of aromatic nitrogens is 2. The zero-order valence-corrected chi connectivity index (χ0v) is 17.3. The number of amides is 1. The molecule has 1 heterocycles. The summed E-state index contributed by atoms with van der Waals surface area (Å²) in [5.74, 6) is -0.932. The largest absolute Gasteiger partial charge is 0.433 e. The van der Waals surface area contributed by atoms with Crippen LogP contribution in [0.4, 0.5) is 23.2 Å². The first kappa shape index (κ1) is 22.5. The number of halogens is 5. The molecular formula is C21H16ClF4N3O2. The van der Waals surface area contributed by atoms with Crippen LogP contribution in [0.2, 0.25) is 5.02 Å². The number of alkyl halides is 3. The molecule has 1 amide bonds. The lowest BCUT2D eigenvalue weighted by molar-refractivity contribution is -0.141. The van der Waals surface area contributed by atoms with Crippen molar-refractivity contribution >= 4 is 23.2 Å². The van der Waals surface area contributed by atoms with Crippen molar-refractivity contribution in [3.63, 3.8) is 0 Å². The lowest BCUT2D eigenvalue weighted by Crippen LogP contribution is -2.29. The van der Waals surface area contributed by atoms with Gasteiger partial charge >= 0.3 is 11.9 Å². The van der Waals surface area contributed by atoms with E-state index in [1.165, 1.54) is 55.3 Å². The van der Waals surface area contributed by atoms with Crippen LogP contribution in [0, 0.1) is 19.7 Å². The minimum Gasteiger partial charge on any atom is -0.311 e. The van der Waals surface area contributed by atoms with Crippen LogP contribution in [0.25, 0.3) is 5.69 Å². The molecule has 0 bridgehead atoms. The third kappa shape index (κ3) is 4.46. The Balaban J connectivity index is 2.07. The standard InChI is InChI=1S/C21H16ClF4N3O2/c1-11-8-14(23)5-7-16(11)28(3)19(30)13-4-6-15(22)17(10-13)29-12(2)9-18(21(24,25)26)27-20(29)31/h4-10H,1-3H3. The van der Waals surface area contributed by atoms with Crippen molar-refractivity contribution in [3.05, 3.63) is 86.3 Å². The van der Waals surface area contributed by atoms with Crippen LogP contribution >= 0.6 is 11.6 Å². The van der Waals surface area contributed by atoms with Crippen molar-refractivity contribution in [3.8, 4) is 5.69 Å². The molecule has 0 spiro atoms. The summed E-state index contributed by atoms with van der Waals surface area (Å²) in [5, 5.41) is 0.0453. The fourth-order valence-corrected chi connectivity index (χ4v) is 3.35. The van der Waals surface area contributed by atoms with Gasteiger partial charge in [-0.25, -0.2) is 9.18 Å². The van der Waals surface area contributed by atoms with Crippen molar-refractivity contribution in [2.75, 3.05) is 11.9 Å². The third-order valence-electron chi connectivity index (χ3n) is 4.65. The molecule has 3 aromatic rings. The van der Waals surface area contributed by atoms with E-state index in [2.05, 4.69) is 4.98 Å². The van der Waals surface area contributed by atoms with Crippen molar-refractivity contribution in [2.24, 2.45) is 0 Å². The fraction of sp³-hybridized carbons (Fsp3) is 0.190. The second-order valence-corrected chi connectivity index (χ2v) is 7.27. The first-order valence-corrected chi connectivity index (χ1v) is 9.30. The average Bonchev–Trinajstić information content (AvgIpc) is 2.67. The smallest absolute Gasteiger partial charge is 0.311 e. The molecule has 0 N–H and O–H groups in total. The Morgan fingerprint density at radius 1 is 1.10 bits per heavy atom. The molecule has 162 valence electrons. The summed E-state index contributed by atoms with van der Waals surface area (Å²) in [6, 6.07) is 8.75. The lowest BCUT2D eigenvalue weighted by atomic mass is 10.1. The third-order valence-corrected chi connectivity index (χ3v) is 4.97. The van der Waals surface area contributed by atoms with Gasteiger partial charge in [0.15, 0.2) is 5.69 Å². The molecule has 0 unspecified atom stereocenters. The molecule has 1 aromatic heterocycles. The average molecular weight is 454 g/mol. The maximum atomic E-state index is 13.4. The van der Waals surface area contributed by atoms with E-state index in [1.807, 2.05) is 0 Å². The van der Waals surface area contributed by atoms with Crippen LogP contribution in [0.5, 0.6) is 0 Å². The molecule has 0 aliphatic rings. The zero-order valence-electron chi connectivity index (χ0n) is 16.6. The molecule has 31 heavy (non-hydrogen) atoms. The molecule has 2 aromatic carbocycles. The monoisotopic (exact) mass is 453 g/mol. The summed E-state index contributed by atoms with van der Waals surface area (Å²) in [6.45, 7) is 2.95. The van der Waals surface area contributed by atoms with Gasteiger partial charge < -0.3 is 4.90 Å². The van der Waals surface area contributed by atoms with Gasteiger partial charge in [-0.3, -0.25) is 9.36 Å². The van der Waals surface area contributed by atoms with Crippen LogP contribution in [-0.2, 0) is 6.18 Å². The van der Waals surface area contributed by atoms with Crippen LogP contribution in [-0.4, -0.2) is 22.5 Å². The highest BCUT2D eigenvalue weighted by Crippen LogP contribution is 2.29. The number of rotatable bonds is 3. The van der Waals surface area contributed by atoms with Crippen LogP contribution in [0.15, 0.2) is 47.3 Å². The van der Waals surface area contributed by atoms with Crippen molar-refractivity contribution in [1.82, 2.24) is 9.55 Å². The lowest BCUT2D eigenvalue weighted by Gasteiger charge is -2.20. The molecule has 0 atom stereocenters. The van der Waals surface area contributed by atoms with Gasteiger partial charge in [0.25, 0.3) is 5.91 Å². The fourth-order valence-electron chi connectivity index (χ4n) is 3.15. The Morgan fingerprint density at radius 2 is 1.77 bits per heavy atom. The molecule has 0 saturated carbocycles. The van der Waals surface area contributed by atoms with Gasteiger partial charge in [-0.05, 0) is 61.9 Å². The molecule has 0 saturated heterocycles. The van der Waals surface area contributed by atoms with E-state index in [9.17, 15) is 27.2 Å². The molecule has 10 heteroatoms. The van der Waals surface area contributed by atoms with Gasteiger partial charge in [-0.1, -0.05) is 11.6 Å². The Labute approximate surface area is 179 Å². The van der Waals surface area contributed by atoms with Gasteiger partial charge in [0.05, 0.1) is 10.7 Å². The van der Waals surface area contributed by atoms with Crippen molar-refractivity contribution in [1.29, 1.82) is 0 Å². The number of hydrogen-bond donors (Lipinski definition) is 0. The molecule has 3 rings (SSSR count). The minimum absolute atomic E-state index is 0.0143. The molecular weight excluding hydrogens is 438 g/mol. The van der Waals surface area contributed by atoms with Crippen molar-refractivity contribution in [2.45, 2.75) is 20.0 Å². The van der Waals surface area contributed by atoms with Gasteiger partial charge in [-0.2, -0.15) is 18.2 Å². The van der Waals surface area contributed by atoms with Crippen molar-refractivity contribution < 1.29 is 22.4 Å². The predicted molar refractivity (Wildman–Crippen MR) is 108 cm³/mol. The summed E-state index contributed by atoms with van der Waals surface area (Å²) in [7, 11) is 1.49. The minimum atomic E-state index is -4.78. The Kier molecular flexibility index (Phi) is 5.91. The van der Waals surface area contributed by atoms with Crippen LogP contribution in [0.3, 0.4) is 0 Å². The van der Waals surface area contributed by atoms with E-state index in [0.29, 0.717) is 11.3 Å². The number of hydrogen-bond acceptors (Lipinski definition) is 3. The Bertz CT molecular complexity index is 1240. The number of nitrogens with zero attached hydrogens (tertiary/aromatic N) is 3. The second-order valence-electron chi connectivity index (χ2n) is 6.86. The Hall–Kier alpha value is -3.20. The van der Waals surface area contributed by atoms with E-state index < -0.39 is 29.3 Å². The summed E-state index contributed by atoms with van der Waals surface area (Å²) in [4.78, 5) is 29.7.